The third-order valence-electron chi connectivity index (χ3n) is 2.44. The molecule has 1 heterocycles. The molecule has 0 spiro atoms. The van der Waals surface area contributed by atoms with Gasteiger partial charge in [0.15, 0.2) is 0 Å². The summed E-state index contributed by atoms with van der Waals surface area (Å²) in [5, 5.41) is 5.56. The van der Waals surface area contributed by atoms with Gasteiger partial charge in [0.25, 0.3) is 5.84 Å². The highest BCUT2D eigenvalue weighted by Gasteiger charge is 2.10. The molecule has 0 aliphatic rings. The maximum absolute atomic E-state index is 5.77. The minimum atomic E-state index is 0.216. The summed E-state index contributed by atoms with van der Waals surface area (Å²) < 4.78 is 1.92. The largest absolute Gasteiger partial charge is 0.398 e. The molecule has 0 fully saturated rings. The van der Waals surface area contributed by atoms with Crippen molar-refractivity contribution in [1.29, 1.82) is 0 Å². The van der Waals surface area contributed by atoms with Gasteiger partial charge in [0.2, 0.25) is 0 Å². The van der Waals surface area contributed by atoms with Crippen LogP contribution in [0.3, 0.4) is 0 Å². The van der Waals surface area contributed by atoms with E-state index in [2.05, 4.69) is 4.98 Å². The Morgan fingerprint density at radius 3 is 2.75 bits per heavy atom. The van der Waals surface area contributed by atoms with Crippen molar-refractivity contribution >= 4 is 11.5 Å². The quantitative estimate of drug-likeness (QED) is 0.346. The molecule has 0 bridgehead atoms. The number of rotatable bonds is 2. The molecule has 6 N–H and O–H groups in total. The maximum atomic E-state index is 5.77. The van der Waals surface area contributed by atoms with Gasteiger partial charge in [0.1, 0.15) is 5.82 Å². The molecule has 16 heavy (non-hydrogen) atoms. The first-order chi connectivity index (χ1) is 7.59. The topological polar surface area (TPSA) is 95.5 Å². The summed E-state index contributed by atoms with van der Waals surface area (Å²) in [5.74, 6) is 1.07. The Morgan fingerprint density at radius 1 is 1.44 bits per heavy atom. The molecule has 1 aromatic carbocycles. The minimum Gasteiger partial charge on any atom is -0.398 e. The van der Waals surface area contributed by atoms with E-state index in [1.54, 1.807) is 12.3 Å². The lowest BCUT2D eigenvalue weighted by molar-refractivity contribution is -0.114. The van der Waals surface area contributed by atoms with Crippen molar-refractivity contribution in [3.8, 4) is 11.4 Å². The van der Waals surface area contributed by atoms with Gasteiger partial charge in [-0.25, -0.2) is 4.98 Å². The SMILES string of the molecule is Cn1ccnc1-c1ccc(N)c(C(N)=[NH2+])c1. The highest BCUT2D eigenvalue weighted by molar-refractivity contribution is 5.98. The molecule has 1 aromatic heterocycles. The number of hydrogen-bond donors (Lipinski definition) is 3. The molecule has 0 atom stereocenters. The first-order valence-electron chi connectivity index (χ1n) is 4.85. The number of amidine groups is 1. The average molecular weight is 216 g/mol. The summed E-state index contributed by atoms with van der Waals surface area (Å²) in [4.78, 5) is 4.25. The zero-order chi connectivity index (χ0) is 11.7. The highest BCUT2D eigenvalue weighted by atomic mass is 15.0. The molecule has 5 heteroatoms. The van der Waals surface area contributed by atoms with Crippen molar-refractivity contribution in [2.75, 3.05) is 5.73 Å². The Hall–Kier alpha value is -2.30. The fourth-order valence-electron chi connectivity index (χ4n) is 1.59. The summed E-state index contributed by atoms with van der Waals surface area (Å²) in [6, 6.07) is 5.51. The van der Waals surface area contributed by atoms with E-state index < -0.39 is 0 Å². The van der Waals surface area contributed by atoms with E-state index in [1.807, 2.05) is 29.9 Å². The number of benzene rings is 1. The van der Waals surface area contributed by atoms with Crippen molar-refractivity contribution in [2.24, 2.45) is 12.8 Å². The number of nitrogens with two attached hydrogens (primary N) is 3. The maximum Gasteiger partial charge on any atom is 0.272 e. The second-order valence-corrected chi connectivity index (χ2v) is 3.62. The van der Waals surface area contributed by atoms with E-state index >= 15 is 0 Å². The van der Waals surface area contributed by atoms with Crippen LogP contribution in [0.2, 0.25) is 0 Å². The van der Waals surface area contributed by atoms with Crippen LogP contribution < -0.4 is 16.9 Å². The van der Waals surface area contributed by atoms with Crippen molar-refractivity contribution in [3.05, 3.63) is 36.2 Å². The first-order valence-corrected chi connectivity index (χ1v) is 4.85. The van der Waals surface area contributed by atoms with Crippen LogP contribution in [-0.2, 0) is 7.05 Å². The van der Waals surface area contributed by atoms with Gasteiger partial charge >= 0.3 is 0 Å². The van der Waals surface area contributed by atoms with Crippen molar-refractivity contribution in [2.45, 2.75) is 0 Å². The van der Waals surface area contributed by atoms with E-state index in [9.17, 15) is 0 Å². The number of hydrogen-bond acceptors (Lipinski definition) is 2. The number of nitrogens with zero attached hydrogens (tertiary/aromatic N) is 2. The molecule has 0 radical (unpaired) electrons. The number of aryl methyl sites for hydroxylation is 1. The molecule has 2 rings (SSSR count). The standard InChI is InChI=1S/C11H13N5/c1-16-5-4-15-11(16)7-2-3-9(12)8(6-7)10(13)14/h2-6H,12H2,1H3,(H3,13,14)/p+1. The van der Waals surface area contributed by atoms with Crippen LogP contribution in [-0.4, -0.2) is 15.4 Å². The van der Waals surface area contributed by atoms with Crippen LogP contribution in [0, 0.1) is 0 Å². The molecule has 5 nitrogen and oxygen atoms in total. The van der Waals surface area contributed by atoms with Crippen LogP contribution in [0.4, 0.5) is 5.69 Å². The first kappa shape index (κ1) is 10.2. The molecular weight excluding hydrogens is 202 g/mol. The lowest BCUT2D eigenvalue weighted by Crippen LogP contribution is -2.46. The third-order valence-corrected chi connectivity index (χ3v) is 2.44. The van der Waals surface area contributed by atoms with Gasteiger partial charge in [0.05, 0.1) is 5.56 Å². The van der Waals surface area contributed by atoms with Gasteiger partial charge in [-0.1, -0.05) is 0 Å². The second-order valence-electron chi connectivity index (χ2n) is 3.62. The monoisotopic (exact) mass is 216 g/mol. The molecule has 0 saturated carbocycles. The van der Waals surface area contributed by atoms with Crippen LogP contribution >= 0.6 is 0 Å². The Labute approximate surface area is 93.2 Å². The van der Waals surface area contributed by atoms with Crippen LogP contribution in [0.25, 0.3) is 11.4 Å². The zero-order valence-electron chi connectivity index (χ0n) is 9.01. The Kier molecular flexibility index (Phi) is 2.36. The van der Waals surface area contributed by atoms with Crippen molar-refractivity contribution in [1.82, 2.24) is 9.55 Å². The van der Waals surface area contributed by atoms with Gasteiger partial charge in [-0.2, -0.15) is 0 Å². The zero-order valence-corrected chi connectivity index (χ0v) is 9.01. The molecule has 0 unspecified atom stereocenters. The Bertz CT molecular complexity index is 541. The summed E-state index contributed by atoms with van der Waals surface area (Å²) in [6.45, 7) is 0. The summed E-state index contributed by atoms with van der Waals surface area (Å²) in [7, 11) is 1.92. The van der Waals surface area contributed by atoms with Crippen LogP contribution in [0.15, 0.2) is 30.6 Å². The molecular formula is C11H14N5+. The van der Waals surface area contributed by atoms with Crippen LogP contribution in [0.5, 0.6) is 0 Å². The van der Waals surface area contributed by atoms with E-state index in [4.69, 9.17) is 16.9 Å². The minimum absolute atomic E-state index is 0.216. The number of nitrogen functional groups attached to an aromatic ring is 1. The van der Waals surface area contributed by atoms with E-state index in [0.717, 1.165) is 11.4 Å². The van der Waals surface area contributed by atoms with E-state index in [-0.39, 0.29) is 5.84 Å². The number of anilines is 1. The van der Waals surface area contributed by atoms with Gasteiger partial charge in [-0.3, -0.25) is 11.1 Å². The fourth-order valence-corrected chi connectivity index (χ4v) is 1.59. The average Bonchev–Trinajstić information content (AvgIpc) is 2.65. The number of aromatic nitrogens is 2. The fraction of sp³-hybridized carbons (Fsp3) is 0.0909. The molecule has 0 amide bonds. The van der Waals surface area contributed by atoms with E-state index in [0.29, 0.717) is 11.3 Å². The smallest absolute Gasteiger partial charge is 0.272 e. The molecule has 0 saturated heterocycles. The lowest BCUT2D eigenvalue weighted by atomic mass is 10.1. The van der Waals surface area contributed by atoms with Crippen molar-refractivity contribution < 1.29 is 5.41 Å². The summed E-state index contributed by atoms with van der Waals surface area (Å²) in [5.41, 5.74) is 13.5. The van der Waals surface area contributed by atoms with Gasteiger partial charge in [0, 0.05) is 30.7 Å². The number of imidazole rings is 1. The lowest BCUT2D eigenvalue weighted by Gasteiger charge is -2.05. The summed E-state index contributed by atoms with van der Waals surface area (Å²) >= 11 is 0. The third kappa shape index (κ3) is 1.63. The Morgan fingerprint density at radius 2 is 2.19 bits per heavy atom. The second kappa shape index (κ2) is 3.69. The highest BCUT2D eigenvalue weighted by Crippen LogP contribution is 2.21. The predicted octanol–water partition coefficient (Wildman–Crippen LogP) is -0.866. The van der Waals surface area contributed by atoms with E-state index in [1.165, 1.54) is 0 Å². The van der Waals surface area contributed by atoms with Gasteiger partial charge < -0.3 is 10.3 Å². The molecule has 82 valence electrons. The predicted molar refractivity (Wildman–Crippen MR) is 63.3 cm³/mol. The van der Waals surface area contributed by atoms with Gasteiger partial charge in [-0.15, -0.1) is 0 Å². The molecule has 0 aliphatic carbocycles. The van der Waals surface area contributed by atoms with Gasteiger partial charge in [-0.05, 0) is 18.2 Å². The molecule has 2 aromatic rings. The normalized spacial score (nSPS) is 10.3. The summed E-state index contributed by atoms with van der Waals surface area (Å²) in [6.07, 6.45) is 3.61. The van der Waals surface area contributed by atoms with Crippen molar-refractivity contribution in [3.63, 3.8) is 0 Å². The van der Waals surface area contributed by atoms with Crippen LogP contribution in [0.1, 0.15) is 5.56 Å². The Balaban J connectivity index is 2.56. The molecule has 0 aliphatic heterocycles.